The van der Waals surface area contributed by atoms with E-state index in [4.69, 9.17) is 9.47 Å². The van der Waals surface area contributed by atoms with Crippen LogP contribution in [0.5, 0.6) is 11.5 Å². The number of nitrogens with zero attached hydrogens (tertiary/aromatic N) is 2. The standard InChI is InChI=1S/C22H28F2N2O3/c1-25(2)13-16-8-15(4-5-21(16)28-3)12-26-7-6-22(20(27)14-26)29-19-10-17(23)9-18(24)11-19/h4-5,8-11,20,22,27H,6-7,12-14H2,1-3H3/t20-,22-/m1/s1. The van der Waals surface area contributed by atoms with E-state index in [1.807, 2.05) is 26.2 Å². The van der Waals surface area contributed by atoms with Gasteiger partial charge in [-0.15, -0.1) is 0 Å². The lowest BCUT2D eigenvalue weighted by Gasteiger charge is -2.36. The van der Waals surface area contributed by atoms with E-state index in [-0.39, 0.29) is 5.75 Å². The molecule has 7 heteroatoms. The predicted molar refractivity (Wildman–Crippen MR) is 107 cm³/mol. The van der Waals surface area contributed by atoms with Crippen molar-refractivity contribution in [3.05, 3.63) is 59.2 Å². The summed E-state index contributed by atoms with van der Waals surface area (Å²) in [5.74, 6) is -0.430. The van der Waals surface area contributed by atoms with Gasteiger partial charge in [0.25, 0.3) is 0 Å². The average molecular weight is 406 g/mol. The number of benzene rings is 2. The van der Waals surface area contributed by atoms with Gasteiger partial charge in [-0.3, -0.25) is 4.90 Å². The number of aliphatic hydroxyl groups excluding tert-OH is 1. The summed E-state index contributed by atoms with van der Waals surface area (Å²) in [5, 5.41) is 10.5. The van der Waals surface area contributed by atoms with E-state index in [0.29, 0.717) is 26.1 Å². The molecule has 158 valence electrons. The molecule has 0 bridgehead atoms. The largest absolute Gasteiger partial charge is 0.496 e. The van der Waals surface area contributed by atoms with Crippen molar-refractivity contribution in [2.75, 3.05) is 34.3 Å². The quantitative estimate of drug-likeness (QED) is 0.766. The van der Waals surface area contributed by atoms with Crippen LogP contribution in [0, 0.1) is 11.6 Å². The number of β-amino-alcohol motifs (C(OH)–C–C–N with tert-alkyl or cyclic N) is 1. The fourth-order valence-electron chi connectivity index (χ4n) is 3.68. The number of aliphatic hydroxyl groups is 1. The Morgan fingerprint density at radius 3 is 2.48 bits per heavy atom. The number of hydrogen-bond donors (Lipinski definition) is 1. The van der Waals surface area contributed by atoms with Gasteiger partial charge < -0.3 is 19.5 Å². The Bertz CT molecular complexity index is 811. The Morgan fingerprint density at radius 2 is 1.86 bits per heavy atom. The van der Waals surface area contributed by atoms with E-state index < -0.39 is 23.8 Å². The van der Waals surface area contributed by atoms with E-state index in [9.17, 15) is 13.9 Å². The minimum atomic E-state index is -0.741. The summed E-state index contributed by atoms with van der Waals surface area (Å²) in [6, 6.07) is 9.19. The van der Waals surface area contributed by atoms with Crippen LogP contribution in [0.15, 0.2) is 36.4 Å². The summed E-state index contributed by atoms with van der Waals surface area (Å²) >= 11 is 0. The fourth-order valence-corrected chi connectivity index (χ4v) is 3.68. The number of hydrogen-bond acceptors (Lipinski definition) is 5. The maximum Gasteiger partial charge on any atom is 0.129 e. The predicted octanol–water partition coefficient (Wildman–Crippen LogP) is 3.05. The molecule has 2 aromatic rings. The molecule has 1 saturated heterocycles. The van der Waals surface area contributed by atoms with Crippen molar-refractivity contribution >= 4 is 0 Å². The van der Waals surface area contributed by atoms with E-state index in [1.165, 1.54) is 0 Å². The summed E-state index contributed by atoms with van der Waals surface area (Å²) in [5.41, 5.74) is 2.25. The van der Waals surface area contributed by atoms with Crippen LogP contribution >= 0.6 is 0 Å². The van der Waals surface area contributed by atoms with Crippen LogP contribution < -0.4 is 9.47 Å². The van der Waals surface area contributed by atoms with Gasteiger partial charge in [-0.1, -0.05) is 6.07 Å². The van der Waals surface area contributed by atoms with Crippen molar-refractivity contribution in [2.24, 2.45) is 0 Å². The zero-order valence-electron chi connectivity index (χ0n) is 17.1. The lowest BCUT2D eigenvalue weighted by atomic mass is 10.0. The first-order valence-corrected chi connectivity index (χ1v) is 9.67. The molecule has 0 spiro atoms. The topological polar surface area (TPSA) is 45.2 Å². The second-order valence-electron chi connectivity index (χ2n) is 7.74. The number of piperidine rings is 1. The molecule has 1 aliphatic heterocycles. The highest BCUT2D eigenvalue weighted by Gasteiger charge is 2.29. The van der Waals surface area contributed by atoms with Crippen LogP contribution in [0.25, 0.3) is 0 Å². The third-order valence-electron chi connectivity index (χ3n) is 4.97. The molecule has 3 rings (SSSR count). The first-order valence-electron chi connectivity index (χ1n) is 9.67. The molecule has 1 N–H and O–H groups in total. The summed E-state index contributed by atoms with van der Waals surface area (Å²) in [7, 11) is 5.69. The van der Waals surface area contributed by atoms with Crippen LogP contribution in [0.3, 0.4) is 0 Å². The van der Waals surface area contributed by atoms with E-state index in [0.717, 1.165) is 41.6 Å². The molecule has 1 fully saturated rings. The Hall–Kier alpha value is -2.22. The summed E-state index contributed by atoms with van der Waals surface area (Å²) in [4.78, 5) is 4.24. The van der Waals surface area contributed by atoms with Gasteiger partial charge in [-0.25, -0.2) is 8.78 Å². The molecule has 29 heavy (non-hydrogen) atoms. The molecule has 0 aliphatic carbocycles. The van der Waals surface area contributed by atoms with Crippen LogP contribution in [0.1, 0.15) is 17.5 Å². The third kappa shape index (κ3) is 5.88. The second kappa shape index (κ2) is 9.52. The Kier molecular flexibility index (Phi) is 7.05. The molecular formula is C22H28F2N2O3. The smallest absolute Gasteiger partial charge is 0.129 e. The number of rotatable bonds is 7. The van der Waals surface area contributed by atoms with Gasteiger partial charge in [0.2, 0.25) is 0 Å². The molecule has 0 aromatic heterocycles. The Labute approximate surface area is 170 Å². The van der Waals surface area contributed by atoms with Gasteiger partial charge in [-0.05, 0) is 38.2 Å². The lowest BCUT2D eigenvalue weighted by Crippen LogP contribution is -2.48. The number of likely N-dealkylation sites (tertiary alicyclic amines) is 1. The number of ether oxygens (including phenoxy) is 2. The monoisotopic (exact) mass is 406 g/mol. The molecule has 0 unspecified atom stereocenters. The molecule has 5 nitrogen and oxygen atoms in total. The van der Waals surface area contributed by atoms with E-state index in [2.05, 4.69) is 15.9 Å². The highest BCUT2D eigenvalue weighted by atomic mass is 19.1. The Morgan fingerprint density at radius 1 is 1.14 bits per heavy atom. The van der Waals surface area contributed by atoms with Gasteiger partial charge in [0.15, 0.2) is 0 Å². The van der Waals surface area contributed by atoms with Crippen molar-refractivity contribution in [3.63, 3.8) is 0 Å². The molecule has 2 atom stereocenters. The van der Waals surface area contributed by atoms with Gasteiger partial charge in [0.05, 0.1) is 7.11 Å². The van der Waals surface area contributed by atoms with Gasteiger partial charge in [0, 0.05) is 49.9 Å². The summed E-state index contributed by atoms with van der Waals surface area (Å²) in [6.45, 7) is 2.62. The second-order valence-corrected chi connectivity index (χ2v) is 7.74. The van der Waals surface area contributed by atoms with Crippen molar-refractivity contribution in [1.29, 1.82) is 0 Å². The molecule has 1 heterocycles. The first kappa shape index (κ1) is 21.5. The minimum Gasteiger partial charge on any atom is -0.496 e. The van der Waals surface area contributed by atoms with Crippen LogP contribution in [0.4, 0.5) is 8.78 Å². The maximum atomic E-state index is 13.3. The van der Waals surface area contributed by atoms with Gasteiger partial charge in [-0.2, -0.15) is 0 Å². The molecular weight excluding hydrogens is 378 g/mol. The lowest BCUT2D eigenvalue weighted by molar-refractivity contribution is -0.0277. The zero-order chi connectivity index (χ0) is 21.0. The minimum absolute atomic E-state index is 0.100. The van der Waals surface area contributed by atoms with Gasteiger partial charge >= 0.3 is 0 Å². The highest BCUT2D eigenvalue weighted by molar-refractivity contribution is 5.37. The molecule has 1 aliphatic rings. The summed E-state index contributed by atoms with van der Waals surface area (Å²) < 4.78 is 37.8. The van der Waals surface area contributed by atoms with E-state index in [1.54, 1.807) is 7.11 Å². The SMILES string of the molecule is COc1ccc(CN2CC[C@@H](Oc3cc(F)cc(F)c3)[C@H](O)C2)cc1CN(C)C. The van der Waals surface area contributed by atoms with E-state index >= 15 is 0 Å². The highest BCUT2D eigenvalue weighted by Crippen LogP contribution is 2.25. The molecule has 2 aromatic carbocycles. The van der Waals surface area contributed by atoms with Crippen molar-refractivity contribution in [2.45, 2.75) is 31.7 Å². The third-order valence-corrected chi connectivity index (χ3v) is 4.97. The molecule has 0 saturated carbocycles. The Balaban J connectivity index is 1.61. The average Bonchev–Trinajstić information content (AvgIpc) is 2.63. The van der Waals surface area contributed by atoms with Crippen molar-refractivity contribution < 1.29 is 23.4 Å². The van der Waals surface area contributed by atoms with Crippen molar-refractivity contribution in [3.8, 4) is 11.5 Å². The molecule has 0 radical (unpaired) electrons. The number of halogens is 2. The normalized spacial score (nSPS) is 20.1. The number of methoxy groups -OCH3 is 1. The zero-order valence-corrected chi connectivity index (χ0v) is 17.1. The summed E-state index contributed by atoms with van der Waals surface area (Å²) in [6.07, 6.45) is -0.665. The first-order chi connectivity index (χ1) is 13.8. The fraction of sp³-hybridized carbons (Fsp3) is 0.455. The molecule has 0 amide bonds. The van der Waals surface area contributed by atoms with Crippen LogP contribution in [0.2, 0.25) is 0 Å². The van der Waals surface area contributed by atoms with Crippen LogP contribution in [-0.4, -0.2) is 61.4 Å². The van der Waals surface area contributed by atoms with Crippen molar-refractivity contribution in [1.82, 2.24) is 9.80 Å². The van der Waals surface area contributed by atoms with Crippen LogP contribution in [-0.2, 0) is 13.1 Å². The van der Waals surface area contributed by atoms with Gasteiger partial charge in [0.1, 0.15) is 35.3 Å². The maximum absolute atomic E-state index is 13.3.